The van der Waals surface area contributed by atoms with Gasteiger partial charge in [0.1, 0.15) is 11.3 Å². The summed E-state index contributed by atoms with van der Waals surface area (Å²) >= 11 is 0. The van der Waals surface area contributed by atoms with Gasteiger partial charge in [-0.3, -0.25) is 29.4 Å². The lowest BCUT2D eigenvalue weighted by molar-refractivity contribution is -0.143. The van der Waals surface area contributed by atoms with E-state index in [0.29, 0.717) is 29.0 Å². The molecule has 2 aromatic carbocycles. The highest BCUT2D eigenvalue weighted by Gasteiger charge is 2.70. The maximum Gasteiger partial charge on any atom is 0.250 e. The van der Waals surface area contributed by atoms with Crippen molar-refractivity contribution < 1.29 is 23.9 Å². The smallest absolute Gasteiger partial charge is 0.250 e. The first-order chi connectivity index (χ1) is 16.3. The van der Waals surface area contributed by atoms with Crippen LogP contribution in [-0.2, 0) is 37.7 Å². The molecule has 0 unspecified atom stereocenters. The minimum atomic E-state index is -1.45. The Balaban J connectivity index is 1.62. The Morgan fingerprint density at radius 3 is 2.53 bits per heavy atom. The van der Waals surface area contributed by atoms with E-state index in [0.717, 1.165) is 5.56 Å². The number of nitrogens with two attached hydrogens (primary N) is 1. The highest BCUT2D eigenvalue weighted by Crippen LogP contribution is 2.54. The van der Waals surface area contributed by atoms with Crippen LogP contribution < -0.4 is 21.1 Å². The van der Waals surface area contributed by atoms with Crippen molar-refractivity contribution in [2.45, 2.75) is 37.9 Å². The van der Waals surface area contributed by atoms with Crippen LogP contribution in [0.3, 0.4) is 0 Å². The lowest BCUT2D eigenvalue weighted by Gasteiger charge is -2.29. The molecule has 4 amide bonds. The summed E-state index contributed by atoms with van der Waals surface area (Å²) in [6.45, 7) is 1.99. The van der Waals surface area contributed by atoms with Crippen LogP contribution in [0.15, 0.2) is 42.5 Å². The van der Waals surface area contributed by atoms with Crippen molar-refractivity contribution in [2.75, 3.05) is 12.4 Å². The molecule has 5 rings (SSSR count). The molecule has 3 aliphatic rings. The van der Waals surface area contributed by atoms with Crippen molar-refractivity contribution >= 4 is 29.3 Å². The molecule has 1 spiro atoms. The number of amides is 4. The Labute approximate surface area is 196 Å². The first-order valence-electron chi connectivity index (χ1n) is 11.3. The third-order valence-electron chi connectivity index (χ3n) is 7.25. The van der Waals surface area contributed by atoms with Crippen LogP contribution in [0.2, 0.25) is 0 Å². The molecule has 4 N–H and O–H groups in total. The summed E-state index contributed by atoms with van der Waals surface area (Å²) in [6, 6.07) is 12.0. The van der Waals surface area contributed by atoms with E-state index in [-0.39, 0.29) is 13.0 Å². The molecule has 0 bridgehead atoms. The monoisotopic (exact) mass is 462 g/mol. The van der Waals surface area contributed by atoms with Gasteiger partial charge in [-0.05, 0) is 18.1 Å². The van der Waals surface area contributed by atoms with Gasteiger partial charge >= 0.3 is 0 Å². The Bertz CT molecular complexity index is 1230. The van der Waals surface area contributed by atoms with E-state index in [9.17, 15) is 19.2 Å². The van der Waals surface area contributed by atoms with Gasteiger partial charge in [-0.25, -0.2) is 0 Å². The maximum atomic E-state index is 13.8. The fourth-order valence-electron chi connectivity index (χ4n) is 5.80. The van der Waals surface area contributed by atoms with Gasteiger partial charge in [-0.15, -0.1) is 0 Å². The molecule has 9 heteroatoms. The molecule has 0 aliphatic carbocycles. The van der Waals surface area contributed by atoms with Crippen molar-refractivity contribution in [3.05, 3.63) is 59.2 Å². The van der Waals surface area contributed by atoms with E-state index < -0.39 is 47.0 Å². The van der Waals surface area contributed by atoms with E-state index in [1.807, 2.05) is 19.1 Å². The van der Waals surface area contributed by atoms with Gasteiger partial charge in [0.15, 0.2) is 0 Å². The fourth-order valence-corrected chi connectivity index (χ4v) is 5.80. The zero-order valence-corrected chi connectivity index (χ0v) is 19.0. The Morgan fingerprint density at radius 1 is 1.09 bits per heavy atom. The number of primary amides is 1. The predicted octanol–water partition coefficient (Wildman–Crippen LogP) is 1.05. The van der Waals surface area contributed by atoms with E-state index in [1.165, 1.54) is 12.0 Å². The third kappa shape index (κ3) is 2.96. The molecular weight excluding hydrogens is 436 g/mol. The number of anilines is 1. The molecule has 3 aliphatic heterocycles. The normalized spacial score (nSPS) is 27.2. The second kappa shape index (κ2) is 7.95. The number of nitrogens with one attached hydrogen (secondary N) is 2. The first kappa shape index (κ1) is 22.1. The highest BCUT2D eigenvalue weighted by atomic mass is 16.5. The van der Waals surface area contributed by atoms with Gasteiger partial charge in [-0.2, -0.15) is 0 Å². The summed E-state index contributed by atoms with van der Waals surface area (Å²) in [6.07, 6.45) is 0.520. The lowest BCUT2D eigenvalue weighted by Crippen LogP contribution is -2.53. The van der Waals surface area contributed by atoms with Gasteiger partial charge in [0.2, 0.25) is 23.6 Å². The molecule has 0 saturated carbocycles. The molecule has 4 atom stereocenters. The van der Waals surface area contributed by atoms with Gasteiger partial charge in [0.05, 0.1) is 25.5 Å². The number of fused-ring (bicyclic) bond motifs is 4. The lowest BCUT2D eigenvalue weighted by atomic mass is 9.76. The van der Waals surface area contributed by atoms with Crippen LogP contribution in [0.4, 0.5) is 5.69 Å². The van der Waals surface area contributed by atoms with Gasteiger partial charge < -0.3 is 15.8 Å². The average molecular weight is 463 g/mol. The standard InChI is InChI=1S/C25H26N4O5/c1-3-13-8-6-9-15-21(13)27-24(33)25(15)20-19(16(28-25)11-18(26)30)22(31)29(23(20)32)12-14-7-4-5-10-17(14)34-2/h4-10,16,19-20,28H,3,11-12H2,1-2H3,(H2,26,30)(H,27,33)/t16-,19-,20+,25+/m1/s1. The number of para-hydroxylation sites is 2. The number of benzene rings is 2. The summed E-state index contributed by atoms with van der Waals surface area (Å²) in [4.78, 5) is 54.0. The summed E-state index contributed by atoms with van der Waals surface area (Å²) in [5.41, 5.74) is 6.92. The molecule has 2 fully saturated rings. The average Bonchev–Trinajstić information content (AvgIpc) is 3.39. The Morgan fingerprint density at radius 2 is 1.82 bits per heavy atom. The number of methoxy groups -OCH3 is 1. The second-order valence-electron chi connectivity index (χ2n) is 8.95. The third-order valence-corrected chi connectivity index (χ3v) is 7.25. The predicted molar refractivity (Wildman–Crippen MR) is 122 cm³/mol. The van der Waals surface area contributed by atoms with E-state index >= 15 is 0 Å². The second-order valence-corrected chi connectivity index (χ2v) is 8.95. The Hall–Kier alpha value is -3.72. The maximum absolute atomic E-state index is 13.8. The van der Waals surface area contributed by atoms with Gasteiger partial charge in [-0.1, -0.05) is 43.3 Å². The molecule has 34 heavy (non-hydrogen) atoms. The fraction of sp³-hybridized carbons (Fsp3) is 0.360. The van der Waals surface area contributed by atoms with Crippen LogP contribution in [-0.4, -0.2) is 41.7 Å². The summed E-state index contributed by atoms with van der Waals surface area (Å²) in [5, 5.41) is 6.15. The molecule has 0 aromatic heterocycles. The molecule has 176 valence electrons. The molecule has 2 saturated heterocycles. The zero-order chi connectivity index (χ0) is 24.2. The summed E-state index contributed by atoms with van der Waals surface area (Å²) < 4.78 is 5.39. The number of hydrogen-bond donors (Lipinski definition) is 3. The molecule has 9 nitrogen and oxygen atoms in total. The van der Waals surface area contributed by atoms with Gasteiger partial charge in [0.25, 0.3) is 0 Å². The number of ether oxygens (including phenoxy) is 1. The van der Waals surface area contributed by atoms with Crippen LogP contribution in [0.1, 0.15) is 30.0 Å². The summed E-state index contributed by atoms with van der Waals surface area (Å²) in [5.74, 6) is -3.22. The SMILES string of the molecule is CCc1cccc2c1NC(=O)[C@]21N[C@H](CC(N)=O)[C@H]2C(=O)N(Cc3ccccc3OC)C(=O)[C@H]21. The quantitative estimate of drug-likeness (QED) is 0.550. The van der Waals surface area contributed by atoms with Crippen LogP contribution >= 0.6 is 0 Å². The van der Waals surface area contributed by atoms with Crippen molar-refractivity contribution in [1.29, 1.82) is 0 Å². The summed E-state index contributed by atoms with van der Waals surface area (Å²) in [7, 11) is 1.52. The minimum absolute atomic E-state index is 0.0114. The molecular formula is C25H26N4O5. The van der Waals surface area contributed by atoms with Crippen molar-refractivity contribution in [3.8, 4) is 5.75 Å². The Kier molecular flexibility index (Phi) is 5.16. The number of imide groups is 1. The number of hydrogen-bond acceptors (Lipinski definition) is 6. The topological polar surface area (TPSA) is 131 Å². The number of aryl methyl sites for hydroxylation is 1. The van der Waals surface area contributed by atoms with Crippen molar-refractivity contribution in [2.24, 2.45) is 17.6 Å². The van der Waals surface area contributed by atoms with Crippen LogP contribution in [0.25, 0.3) is 0 Å². The number of carbonyl (C=O) groups is 4. The molecule has 0 radical (unpaired) electrons. The first-order valence-corrected chi connectivity index (χ1v) is 11.3. The van der Waals surface area contributed by atoms with Gasteiger partial charge in [0, 0.05) is 29.3 Å². The van der Waals surface area contributed by atoms with Crippen LogP contribution in [0.5, 0.6) is 5.75 Å². The highest BCUT2D eigenvalue weighted by molar-refractivity contribution is 6.15. The van der Waals surface area contributed by atoms with E-state index in [4.69, 9.17) is 10.5 Å². The van der Waals surface area contributed by atoms with Crippen molar-refractivity contribution in [1.82, 2.24) is 10.2 Å². The minimum Gasteiger partial charge on any atom is -0.496 e. The van der Waals surface area contributed by atoms with Crippen LogP contribution in [0, 0.1) is 11.8 Å². The number of nitrogens with zero attached hydrogens (tertiary/aromatic N) is 1. The largest absolute Gasteiger partial charge is 0.496 e. The van der Waals surface area contributed by atoms with E-state index in [1.54, 1.807) is 30.3 Å². The van der Waals surface area contributed by atoms with Crippen molar-refractivity contribution in [3.63, 3.8) is 0 Å². The zero-order valence-electron chi connectivity index (χ0n) is 19.0. The number of rotatable bonds is 6. The number of likely N-dealkylation sites (tertiary alicyclic amines) is 1. The number of carbonyl (C=O) groups excluding carboxylic acids is 4. The molecule has 3 heterocycles. The molecule has 2 aromatic rings. The van der Waals surface area contributed by atoms with E-state index in [2.05, 4.69) is 10.6 Å².